The number of anilines is 1. The Labute approximate surface area is 163 Å². The predicted octanol–water partition coefficient (Wildman–Crippen LogP) is 4.85. The number of hydrogen-bond donors (Lipinski definition) is 2. The van der Waals surface area contributed by atoms with E-state index in [1.54, 1.807) is 19.2 Å². The summed E-state index contributed by atoms with van der Waals surface area (Å²) in [5, 5.41) is 12.8. The van der Waals surface area contributed by atoms with Crippen LogP contribution in [-0.4, -0.2) is 23.2 Å². The third kappa shape index (κ3) is 4.62. The van der Waals surface area contributed by atoms with E-state index in [0.29, 0.717) is 33.3 Å². The number of methoxy groups -OCH3 is 1. The van der Waals surface area contributed by atoms with E-state index in [1.807, 2.05) is 24.3 Å². The topological polar surface area (TPSA) is 71.5 Å². The second-order valence-electron chi connectivity index (χ2n) is 5.76. The summed E-state index contributed by atoms with van der Waals surface area (Å²) in [6.45, 7) is 0.468. The van der Waals surface area contributed by atoms with Crippen molar-refractivity contribution in [3.63, 3.8) is 0 Å². The molecular weight excluding hydrogens is 415 g/mol. The Bertz CT molecular complexity index is 1020. The Morgan fingerprint density at radius 1 is 1.30 bits per heavy atom. The van der Waals surface area contributed by atoms with E-state index in [4.69, 9.17) is 9.84 Å². The van der Waals surface area contributed by atoms with Crippen molar-refractivity contribution in [2.24, 2.45) is 0 Å². The van der Waals surface area contributed by atoms with E-state index in [2.05, 4.69) is 26.2 Å². The number of ether oxygens (including phenoxy) is 1. The summed E-state index contributed by atoms with van der Waals surface area (Å²) in [5.74, 6) is -0.243. The number of benzene rings is 2. The number of hydrogen-bond acceptors (Lipinski definition) is 4. The fourth-order valence-electron chi connectivity index (χ4n) is 2.54. The van der Waals surface area contributed by atoms with Crippen molar-refractivity contribution in [2.45, 2.75) is 6.54 Å². The molecule has 0 unspecified atom stereocenters. The summed E-state index contributed by atoms with van der Waals surface area (Å²) in [6, 6.07) is 12.2. The predicted molar refractivity (Wildman–Crippen MR) is 106 cm³/mol. The molecule has 0 bridgehead atoms. The number of halogens is 2. The number of carboxylic acid groups (broad SMARTS) is 1. The molecule has 0 saturated heterocycles. The zero-order valence-electron chi connectivity index (χ0n) is 14.4. The Balaban J connectivity index is 1.95. The van der Waals surface area contributed by atoms with Gasteiger partial charge in [-0.25, -0.2) is 14.2 Å². The minimum absolute atomic E-state index is 0.323. The molecule has 0 atom stereocenters. The normalized spacial score (nSPS) is 11.1. The van der Waals surface area contributed by atoms with Crippen LogP contribution >= 0.6 is 15.9 Å². The second kappa shape index (κ2) is 8.18. The Morgan fingerprint density at radius 2 is 2.04 bits per heavy atom. The van der Waals surface area contributed by atoms with Crippen LogP contribution in [0.4, 0.5) is 10.2 Å². The van der Waals surface area contributed by atoms with Gasteiger partial charge in [0, 0.05) is 29.6 Å². The first-order valence-corrected chi connectivity index (χ1v) is 8.83. The minimum Gasteiger partial charge on any atom is -0.497 e. The lowest BCUT2D eigenvalue weighted by molar-refractivity contribution is -0.131. The molecule has 27 heavy (non-hydrogen) atoms. The SMILES string of the molecule is COc1ccc(CNc2nc3cc(F)c(Br)cc3cc2C=CC(=O)O)cc1. The molecule has 7 heteroatoms. The van der Waals surface area contributed by atoms with Gasteiger partial charge in [-0.3, -0.25) is 0 Å². The highest BCUT2D eigenvalue weighted by molar-refractivity contribution is 9.10. The number of rotatable bonds is 6. The smallest absolute Gasteiger partial charge is 0.328 e. The van der Waals surface area contributed by atoms with E-state index >= 15 is 0 Å². The Morgan fingerprint density at radius 3 is 2.70 bits per heavy atom. The van der Waals surface area contributed by atoms with Gasteiger partial charge < -0.3 is 15.2 Å². The lowest BCUT2D eigenvalue weighted by Crippen LogP contribution is -2.04. The average molecular weight is 431 g/mol. The number of carbonyl (C=O) groups is 1. The van der Waals surface area contributed by atoms with Crippen molar-refractivity contribution in [3.8, 4) is 5.75 Å². The van der Waals surface area contributed by atoms with Gasteiger partial charge >= 0.3 is 5.97 Å². The van der Waals surface area contributed by atoms with E-state index in [9.17, 15) is 9.18 Å². The van der Waals surface area contributed by atoms with Gasteiger partial charge in [0.25, 0.3) is 0 Å². The molecule has 0 amide bonds. The van der Waals surface area contributed by atoms with Gasteiger partial charge in [0.15, 0.2) is 0 Å². The van der Waals surface area contributed by atoms with Gasteiger partial charge in [-0.15, -0.1) is 0 Å². The van der Waals surface area contributed by atoms with Crippen LogP contribution in [0.3, 0.4) is 0 Å². The molecular formula is C20H16BrFN2O3. The number of nitrogens with one attached hydrogen (secondary N) is 1. The molecule has 0 aliphatic carbocycles. The summed E-state index contributed by atoms with van der Waals surface area (Å²) in [5.41, 5.74) is 2.06. The van der Waals surface area contributed by atoms with E-state index < -0.39 is 11.8 Å². The summed E-state index contributed by atoms with van der Waals surface area (Å²) in [7, 11) is 1.60. The molecule has 0 saturated carbocycles. The molecule has 138 valence electrons. The molecule has 0 radical (unpaired) electrons. The highest BCUT2D eigenvalue weighted by atomic mass is 79.9. The highest BCUT2D eigenvalue weighted by Crippen LogP contribution is 2.27. The lowest BCUT2D eigenvalue weighted by atomic mass is 10.1. The second-order valence-corrected chi connectivity index (χ2v) is 6.61. The van der Waals surface area contributed by atoms with Gasteiger partial charge in [0.1, 0.15) is 17.4 Å². The fourth-order valence-corrected chi connectivity index (χ4v) is 2.91. The Hall–Kier alpha value is -2.93. The molecule has 0 aliphatic rings. The van der Waals surface area contributed by atoms with E-state index in [1.165, 1.54) is 12.1 Å². The van der Waals surface area contributed by atoms with Crippen molar-refractivity contribution in [1.29, 1.82) is 0 Å². The number of fused-ring (bicyclic) bond motifs is 1. The van der Waals surface area contributed by atoms with Gasteiger partial charge in [-0.05, 0) is 51.8 Å². The standard InChI is InChI=1S/C20H16BrFN2O3/c1-27-15-5-2-12(3-6-15)11-23-20-13(4-7-19(25)26)8-14-9-16(21)17(22)10-18(14)24-20/h2-10H,11H2,1H3,(H,23,24)(H,25,26). The van der Waals surface area contributed by atoms with Crippen LogP contribution in [-0.2, 0) is 11.3 Å². The van der Waals surface area contributed by atoms with Crippen molar-refractivity contribution in [1.82, 2.24) is 4.98 Å². The van der Waals surface area contributed by atoms with Gasteiger partial charge in [0.2, 0.25) is 0 Å². The maximum absolute atomic E-state index is 13.8. The van der Waals surface area contributed by atoms with Crippen molar-refractivity contribution >= 4 is 44.7 Å². The fraction of sp³-hybridized carbons (Fsp3) is 0.100. The van der Waals surface area contributed by atoms with Crippen molar-refractivity contribution in [2.75, 3.05) is 12.4 Å². The molecule has 1 heterocycles. The first-order valence-electron chi connectivity index (χ1n) is 8.04. The quantitative estimate of drug-likeness (QED) is 0.546. The van der Waals surface area contributed by atoms with Crippen LogP contribution in [0.2, 0.25) is 0 Å². The van der Waals surface area contributed by atoms with Crippen LogP contribution in [0.5, 0.6) is 5.75 Å². The molecule has 0 spiro atoms. The molecule has 5 nitrogen and oxygen atoms in total. The Kier molecular flexibility index (Phi) is 5.71. The third-order valence-corrected chi connectivity index (χ3v) is 4.52. The molecule has 2 N–H and O–H groups in total. The molecule has 2 aromatic carbocycles. The first-order chi connectivity index (χ1) is 13.0. The van der Waals surface area contributed by atoms with Gasteiger partial charge in [-0.2, -0.15) is 0 Å². The zero-order chi connectivity index (χ0) is 19.4. The third-order valence-electron chi connectivity index (χ3n) is 3.91. The van der Waals surface area contributed by atoms with Crippen molar-refractivity contribution < 1.29 is 19.0 Å². The largest absolute Gasteiger partial charge is 0.497 e. The molecule has 3 rings (SSSR count). The summed E-state index contributed by atoms with van der Waals surface area (Å²) < 4.78 is 19.3. The molecule has 3 aromatic rings. The first kappa shape index (κ1) is 18.8. The number of carboxylic acids is 1. The van der Waals surface area contributed by atoms with Crippen LogP contribution in [0.1, 0.15) is 11.1 Å². The lowest BCUT2D eigenvalue weighted by Gasteiger charge is -2.11. The maximum atomic E-state index is 13.8. The van der Waals surface area contributed by atoms with Crippen LogP contribution in [0, 0.1) is 5.82 Å². The van der Waals surface area contributed by atoms with Crippen LogP contribution in [0.15, 0.2) is 53.0 Å². The molecule has 0 fully saturated rings. The number of aliphatic carboxylic acids is 1. The number of nitrogens with zero attached hydrogens (tertiary/aromatic N) is 1. The zero-order valence-corrected chi connectivity index (χ0v) is 16.0. The van der Waals surface area contributed by atoms with Crippen LogP contribution in [0.25, 0.3) is 17.0 Å². The minimum atomic E-state index is -1.06. The molecule has 0 aliphatic heterocycles. The van der Waals surface area contributed by atoms with Crippen molar-refractivity contribution in [3.05, 3.63) is 70.0 Å². The monoisotopic (exact) mass is 430 g/mol. The highest BCUT2D eigenvalue weighted by Gasteiger charge is 2.09. The summed E-state index contributed by atoms with van der Waals surface area (Å²) >= 11 is 3.15. The maximum Gasteiger partial charge on any atom is 0.328 e. The van der Waals surface area contributed by atoms with Crippen LogP contribution < -0.4 is 10.1 Å². The van der Waals surface area contributed by atoms with Gasteiger partial charge in [0.05, 0.1) is 17.1 Å². The molecule has 1 aromatic heterocycles. The summed E-state index contributed by atoms with van der Waals surface area (Å²) in [6.07, 6.45) is 2.50. The van der Waals surface area contributed by atoms with E-state index in [-0.39, 0.29) is 0 Å². The number of pyridine rings is 1. The summed E-state index contributed by atoms with van der Waals surface area (Å²) in [4.78, 5) is 15.4. The van der Waals surface area contributed by atoms with E-state index in [0.717, 1.165) is 17.4 Å². The average Bonchev–Trinajstić information content (AvgIpc) is 2.66. The van der Waals surface area contributed by atoms with Gasteiger partial charge in [-0.1, -0.05) is 12.1 Å². The number of aromatic nitrogens is 1.